The summed E-state index contributed by atoms with van der Waals surface area (Å²) in [6.07, 6.45) is 5.94. The molecule has 0 fully saturated rings. The maximum absolute atomic E-state index is 9.39. The summed E-state index contributed by atoms with van der Waals surface area (Å²) >= 11 is 0. The molecule has 19 heavy (non-hydrogen) atoms. The molecule has 0 aliphatic carbocycles. The number of aliphatic hydroxyl groups excluding tert-OH is 1. The Hall–Kier alpha value is -1.81. The summed E-state index contributed by atoms with van der Waals surface area (Å²) in [7, 11) is 0. The van der Waals surface area contributed by atoms with Crippen molar-refractivity contribution in [2.24, 2.45) is 0 Å². The van der Waals surface area contributed by atoms with E-state index in [1.165, 1.54) is 0 Å². The van der Waals surface area contributed by atoms with Crippen LogP contribution in [0.25, 0.3) is 0 Å². The lowest BCUT2D eigenvalue weighted by molar-refractivity contribution is 0.206. The number of hydrogen-bond donors (Lipinski definition) is 2. The van der Waals surface area contributed by atoms with Crippen LogP contribution in [0.2, 0.25) is 0 Å². The van der Waals surface area contributed by atoms with E-state index in [4.69, 9.17) is 0 Å². The van der Waals surface area contributed by atoms with Crippen molar-refractivity contribution in [2.75, 3.05) is 6.61 Å². The van der Waals surface area contributed by atoms with Gasteiger partial charge in [-0.15, -0.1) is 0 Å². The summed E-state index contributed by atoms with van der Waals surface area (Å²) in [5.41, 5.74) is 2.16. The average Bonchev–Trinajstić information content (AvgIpc) is 2.83. The topological polar surface area (TPSA) is 58.3 Å². The van der Waals surface area contributed by atoms with Crippen LogP contribution in [0.1, 0.15) is 36.0 Å². The summed E-state index contributed by atoms with van der Waals surface area (Å²) < 4.78 is 2.12. The lowest BCUT2D eigenvalue weighted by Gasteiger charge is -2.22. The van der Waals surface area contributed by atoms with E-state index in [2.05, 4.69) is 15.7 Å². The van der Waals surface area contributed by atoms with Gasteiger partial charge in [-0.25, -0.2) is 4.98 Å². The molecule has 0 saturated carbocycles. The van der Waals surface area contributed by atoms with Crippen LogP contribution in [0.5, 0.6) is 5.75 Å². The Morgan fingerprint density at radius 2 is 2.05 bits per heavy atom. The Kier molecular flexibility index (Phi) is 3.25. The number of hydrogen-bond acceptors (Lipinski definition) is 3. The third-order valence-electron chi connectivity index (χ3n) is 3.72. The molecule has 1 aliphatic rings. The van der Waals surface area contributed by atoms with E-state index in [1.54, 1.807) is 12.1 Å². The van der Waals surface area contributed by atoms with E-state index < -0.39 is 0 Å². The molecule has 0 radical (unpaired) electrons. The number of rotatable bonds is 3. The average molecular weight is 258 g/mol. The molecule has 100 valence electrons. The number of fused-ring (bicyclic) bond motifs is 1. The fourth-order valence-electron chi connectivity index (χ4n) is 2.71. The smallest absolute Gasteiger partial charge is 0.115 e. The molecule has 1 unspecified atom stereocenters. The molecule has 2 heterocycles. The van der Waals surface area contributed by atoms with E-state index in [9.17, 15) is 10.2 Å². The van der Waals surface area contributed by atoms with Gasteiger partial charge in [0, 0.05) is 19.0 Å². The zero-order chi connectivity index (χ0) is 13.2. The van der Waals surface area contributed by atoms with Crippen LogP contribution in [-0.4, -0.2) is 26.4 Å². The quantitative estimate of drug-likeness (QED) is 0.886. The van der Waals surface area contributed by atoms with E-state index in [0.29, 0.717) is 0 Å². The number of nitrogens with zero attached hydrogens (tertiary/aromatic N) is 2. The molecular formula is C15H18N2O2. The van der Waals surface area contributed by atoms with Crippen LogP contribution in [0, 0.1) is 0 Å². The number of aromatic nitrogens is 2. The largest absolute Gasteiger partial charge is 0.508 e. The molecule has 1 aliphatic heterocycles. The zero-order valence-electron chi connectivity index (χ0n) is 10.8. The zero-order valence-corrected chi connectivity index (χ0v) is 10.8. The molecule has 0 saturated heterocycles. The molecular weight excluding hydrogens is 240 g/mol. The Bertz CT molecular complexity index is 560. The third-order valence-corrected chi connectivity index (χ3v) is 3.72. The second kappa shape index (κ2) is 5.05. The number of phenolic OH excluding ortho intramolecular Hbond substituents is 1. The fraction of sp³-hybridized carbons (Fsp3) is 0.400. The maximum atomic E-state index is 9.39. The van der Waals surface area contributed by atoms with Crippen molar-refractivity contribution < 1.29 is 10.2 Å². The summed E-state index contributed by atoms with van der Waals surface area (Å²) in [6.45, 7) is 0.183. The highest BCUT2D eigenvalue weighted by Crippen LogP contribution is 2.25. The summed E-state index contributed by atoms with van der Waals surface area (Å²) in [6, 6.07) is 7.41. The summed E-state index contributed by atoms with van der Waals surface area (Å²) in [5, 5.41) is 18.7. The van der Waals surface area contributed by atoms with Gasteiger partial charge in [0.25, 0.3) is 0 Å². The van der Waals surface area contributed by atoms with Crippen molar-refractivity contribution >= 4 is 0 Å². The second-order valence-corrected chi connectivity index (χ2v) is 5.13. The van der Waals surface area contributed by atoms with Gasteiger partial charge >= 0.3 is 0 Å². The number of aromatic hydroxyl groups is 1. The van der Waals surface area contributed by atoms with E-state index >= 15 is 0 Å². The highest BCUT2D eigenvalue weighted by atomic mass is 16.3. The van der Waals surface area contributed by atoms with Crippen LogP contribution >= 0.6 is 0 Å². The van der Waals surface area contributed by atoms with Gasteiger partial charge in [0.05, 0.1) is 18.3 Å². The molecule has 3 rings (SSSR count). The van der Waals surface area contributed by atoms with Crippen LogP contribution in [0.3, 0.4) is 0 Å². The van der Waals surface area contributed by atoms with Crippen LogP contribution in [-0.2, 0) is 12.8 Å². The number of imidazole rings is 1. The number of aryl methyl sites for hydroxylation is 1. The Balaban J connectivity index is 1.82. The molecule has 2 N–H and O–H groups in total. The van der Waals surface area contributed by atoms with E-state index in [0.717, 1.165) is 42.8 Å². The minimum absolute atomic E-state index is 0.183. The Labute approximate surface area is 112 Å². The van der Waals surface area contributed by atoms with Gasteiger partial charge in [-0.05, 0) is 30.5 Å². The van der Waals surface area contributed by atoms with Gasteiger partial charge in [-0.1, -0.05) is 12.1 Å². The number of phenols is 1. The maximum Gasteiger partial charge on any atom is 0.115 e. The molecule has 2 aromatic rings. The monoisotopic (exact) mass is 258 g/mol. The molecule has 0 bridgehead atoms. The molecule has 0 spiro atoms. The predicted octanol–water partition coefficient (Wildman–Crippen LogP) is 2.05. The van der Waals surface area contributed by atoms with Crippen molar-refractivity contribution in [1.29, 1.82) is 0 Å². The van der Waals surface area contributed by atoms with Crippen molar-refractivity contribution in [3.63, 3.8) is 0 Å². The first-order chi connectivity index (χ1) is 9.26. The van der Waals surface area contributed by atoms with Crippen molar-refractivity contribution in [2.45, 2.75) is 31.7 Å². The van der Waals surface area contributed by atoms with E-state index in [1.807, 2.05) is 12.1 Å². The SMILES string of the molecule is OCC1CCCc2nc(Cc3ccc(O)cc3)cn21. The van der Waals surface area contributed by atoms with Crippen LogP contribution in [0.4, 0.5) is 0 Å². The predicted molar refractivity (Wildman–Crippen MR) is 72.2 cm³/mol. The van der Waals surface area contributed by atoms with E-state index in [-0.39, 0.29) is 18.4 Å². The van der Waals surface area contributed by atoms with Crippen molar-refractivity contribution in [1.82, 2.24) is 9.55 Å². The Morgan fingerprint density at radius 1 is 1.26 bits per heavy atom. The second-order valence-electron chi connectivity index (χ2n) is 5.13. The molecule has 0 amide bonds. The Morgan fingerprint density at radius 3 is 2.79 bits per heavy atom. The standard InChI is InChI=1S/C15H18N2O2/c18-10-13-2-1-3-15-16-12(9-17(13)15)8-11-4-6-14(19)7-5-11/h4-7,9,13,18-19H,1-3,8,10H2. The van der Waals surface area contributed by atoms with Gasteiger partial charge in [-0.2, -0.15) is 0 Å². The number of benzene rings is 1. The molecule has 1 aromatic heterocycles. The van der Waals surface area contributed by atoms with Crippen LogP contribution < -0.4 is 0 Å². The van der Waals surface area contributed by atoms with Crippen molar-refractivity contribution in [3.05, 3.63) is 47.5 Å². The lowest BCUT2D eigenvalue weighted by Crippen LogP contribution is -2.20. The van der Waals surface area contributed by atoms with Gasteiger partial charge in [-0.3, -0.25) is 0 Å². The molecule has 4 heteroatoms. The van der Waals surface area contributed by atoms with Gasteiger partial charge in [0.15, 0.2) is 0 Å². The van der Waals surface area contributed by atoms with Gasteiger partial charge in [0.1, 0.15) is 11.6 Å². The summed E-state index contributed by atoms with van der Waals surface area (Å²) in [4.78, 5) is 4.66. The first-order valence-electron chi connectivity index (χ1n) is 6.71. The molecule has 1 atom stereocenters. The van der Waals surface area contributed by atoms with Crippen molar-refractivity contribution in [3.8, 4) is 5.75 Å². The highest BCUT2D eigenvalue weighted by molar-refractivity contribution is 5.28. The van der Waals surface area contributed by atoms with Crippen LogP contribution in [0.15, 0.2) is 30.5 Å². The minimum Gasteiger partial charge on any atom is -0.508 e. The lowest BCUT2D eigenvalue weighted by atomic mass is 10.1. The first kappa shape index (κ1) is 12.2. The molecule has 1 aromatic carbocycles. The summed E-state index contributed by atoms with van der Waals surface area (Å²) in [5.74, 6) is 1.37. The normalized spacial score (nSPS) is 18.3. The molecule has 4 nitrogen and oxygen atoms in total. The number of aliphatic hydroxyl groups is 1. The van der Waals surface area contributed by atoms with Gasteiger partial charge in [0.2, 0.25) is 0 Å². The first-order valence-corrected chi connectivity index (χ1v) is 6.71. The van der Waals surface area contributed by atoms with Gasteiger partial charge < -0.3 is 14.8 Å². The highest BCUT2D eigenvalue weighted by Gasteiger charge is 2.20. The minimum atomic E-state index is 0.183. The fourth-order valence-corrected chi connectivity index (χ4v) is 2.71. The third kappa shape index (κ3) is 2.49.